The van der Waals surface area contributed by atoms with E-state index in [2.05, 4.69) is 24.0 Å². The average molecular weight is 215 g/mol. The van der Waals surface area contributed by atoms with Crippen molar-refractivity contribution in [3.63, 3.8) is 0 Å². The molecule has 1 aromatic rings. The predicted molar refractivity (Wildman–Crippen MR) is 57.7 cm³/mol. The lowest BCUT2D eigenvalue weighted by Gasteiger charge is -2.24. The minimum absolute atomic E-state index is 0.179. The maximum atomic E-state index is 5.08. The number of rotatable bonds is 5. The molecule has 0 aromatic carbocycles. The van der Waals surface area contributed by atoms with Crippen LogP contribution >= 0.6 is 12.2 Å². The van der Waals surface area contributed by atoms with Crippen LogP contribution in [0.25, 0.3) is 0 Å². The fourth-order valence-electron chi connectivity index (χ4n) is 1.30. The minimum Gasteiger partial charge on any atom is -0.385 e. The van der Waals surface area contributed by atoms with Crippen LogP contribution in [0.4, 0.5) is 0 Å². The predicted octanol–water partition coefficient (Wildman–Crippen LogP) is 2.00. The molecule has 4 nitrogen and oxygen atoms in total. The van der Waals surface area contributed by atoms with Crippen LogP contribution in [0.3, 0.4) is 0 Å². The van der Waals surface area contributed by atoms with E-state index in [1.807, 2.05) is 4.57 Å². The molecule has 5 heteroatoms. The first-order valence-corrected chi connectivity index (χ1v) is 5.05. The van der Waals surface area contributed by atoms with Crippen LogP contribution in [-0.2, 0) is 11.3 Å². The van der Waals surface area contributed by atoms with Crippen LogP contribution in [0.15, 0.2) is 6.33 Å². The van der Waals surface area contributed by atoms with Gasteiger partial charge in [-0.05, 0) is 24.1 Å². The number of aromatic amines is 1. The molecule has 14 heavy (non-hydrogen) atoms. The zero-order valence-corrected chi connectivity index (χ0v) is 9.73. The van der Waals surface area contributed by atoms with Gasteiger partial charge in [-0.15, -0.1) is 0 Å². The number of nitrogens with zero attached hydrogens (tertiary/aromatic N) is 2. The van der Waals surface area contributed by atoms with Gasteiger partial charge in [-0.1, -0.05) is 13.8 Å². The third kappa shape index (κ3) is 3.23. The fourth-order valence-corrected chi connectivity index (χ4v) is 1.47. The Morgan fingerprint density at radius 2 is 2.36 bits per heavy atom. The van der Waals surface area contributed by atoms with Crippen LogP contribution in [0.1, 0.15) is 20.3 Å². The number of ether oxygens (including phenoxy) is 1. The summed E-state index contributed by atoms with van der Waals surface area (Å²) in [7, 11) is 1.72. The van der Waals surface area contributed by atoms with Gasteiger partial charge in [0.2, 0.25) is 0 Å². The van der Waals surface area contributed by atoms with E-state index < -0.39 is 0 Å². The van der Waals surface area contributed by atoms with E-state index in [4.69, 9.17) is 17.0 Å². The van der Waals surface area contributed by atoms with Gasteiger partial charge in [0, 0.05) is 20.3 Å². The lowest BCUT2D eigenvalue weighted by atomic mass is 9.90. The molecule has 0 saturated heterocycles. The monoisotopic (exact) mass is 215 g/mol. The normalized spacial score (nSPS) is 11.9. The van der Waals surface area contributed by atoms with Crippen molar-refractivity contribution in [3.8, 4) is 0 Å². The highest BCUT2D eigenvalue weighted by molar-refractivity contribution is 7.71. The highest BCUT2D eigenvalue weighted by atomic mass is 32.1. The zero-order chi connectivity index (χ0) is 10.6. The summed E-state index contributed by atoms with van der Waals surface area (Å²) >= 11 is 5.08. The molecule has 0 amide bonds. The largest absolute Gasteiger partial charge is 0.385 e. The Balaban J connectivity index is 2.59. The molecule has 0 unspecified atom stereocenters. The second-order valence-electron chi connectivity index (χ2n) is 4.20. The van der Waals surface area contributed by atoms with Gasteiger partial charge in [0.25, 0.3) is 0 Å². The second-order valence-corrected chi connectivity index (χ2v) is 4.58. The maximum Gasteiger partial charge on any atom is 0.194 e. The Morgan fingerprint density at radius 3 is 2.86 bits per heavy atom. The second kappa shape index (κ2) is 4.70. The number of hydrogen-bond acceptors (Lipinski definition) is 3. The van der Waals surface area contributed by atoms with Crippen molar-refractivity contribution in [1.82, 2.24) is 14.8 Å². The lowest BCUT2D eigenvalue weighted by Crippen LogP contribution is -2.21. The Bertz CT molecular complexity index is 329. The Labute approximate surface area is 89.3 Å². The molecule has 1 heterocycles. The zero-order valence-electron chi connectivity index (χ0n) is 8.91. The molecule has 1 aromatic heterocycles. The van der Waals surface area contributed by atoms with Gasteiger partial charge in [-0.25, -0.2) is 0 Å². The first-order valence-electron chi connectivity index (χ1n) is 4.64. The van der Waals surface area contributed by atoms with Crippen molar-refractivity contribution in [2.75, 3.05) is 13.7 Å². The molecular weight excluding hydrogens is 198 g/mol. The van der Waals surface area contributed by atoms with Gasteiger partial charge in [0.15, 0.2) is 4.77 Å². The van der Waals surface area contributed by atoms with Crippen LogP contribution in [0.2, 0.25) is 0 Å². The molecule has 1 N–H and O–H groups in total. The summed E-state index contributed by atoms with van der Waals surface area (Å²) in [6, 6.07) is 0. The van der Waals surface area contributed by atoms with Crippen LogP contribution in [-0.4, -0.2) is 28.5 Å². The molecule has 0 atom stereocenters. The molecule has 0 radical (unpaired) electrons. The van der Waals surface area contributed by atoms with Crippen molar-refractivity contribution in [1.29, 1.82) is 0 Å². The fraction of sp³-hybridized carbons (Fsp3) is 0.778. The van der Waals surface area contributed by atoms with E-state index in [0.717, 1.165) is 19.6 Å². The highest BCUT2D eigenvalue weighted by Crippen LogP contribution is 2.22. The SMILES string of the molecule is COCCC(C)(C)Cn1cn[nH]c1=S. The quantitative estimate of drug-likeness (QED) is 0.764. The number of nitrogens with one attached hydrogen (secondary N) is 1. The molecular formula is C9H17N3OS. The average Bonchev–Trinajstić information content (AvgIpc) is 2.48. The Morgan fingerprint density at radius 1 is 1.64 bits per heavy atom. The topological polar surface area (TPSA) is 42.8 Å². The van der Waals surface area contributed by atoms with Crippen molar-refractivity contribution in [2.45, 2.75) is 26.8 Å². The molecule has 0 aliphatic rings. The summed E-state index contributed by atoms with van der Waals surface area (Å²) in [5, 5.41) is 6.63. The summed E-state index contributed by atoms with van der Waals surface area (Å²) < 4.78 is 7.69. The molecule has 0 aliphatic heterocycles. The van der Waals surface area contributed by atoms with Crippen LogP contribution in [0, 0.1) is 10.2 Å². The Kier molecular flexibility index (Phi) is 3.83. The molecule has 1 rings (SSSR count). The van der Waals surface area contributed by atoms with E-state index in [-0.39, 0.29) is 5.41 Å². The van der Waals surface area contributed by atoms with E-state index in [9.17, 15) is 0 Å². The summed E-state index contributed by atoms with van der Waals surface area (Å²) in [6.45, 7) is 6.03. The van der Waals surface area contributed by atoms with E-state index in [1.54, 1.807) is 13.4 Å². The van der Waals surface area contributed by atoms with Crippen molar-refractivity contribution >= 4 is 12.2 Å². The summed E-state index contributed by atoms with van der Waals surface area (Å²) in [5.41, 5.74) is 0.179. The van der Waals surface area contributed by atoms with Gasteiger partial charge < -0.3 is 9.30 Å². The molecule has 0 aliphatic carbocycles. The Hall–Kier alpha value is -0.680. The number of H-pyrrole nitrogens is 1. The molecule has 0 bridgehead atoms. The van der Waals surface area contributed by atoms with Crippen LogP contribution in [0.5, 0.6) is 0 Å². The number of methoxy groups -OCH3 is 1. The molecule has 80 valence electrons. The summed E-state index contributed by atoms with van der Waals surface area (Å²) in [5.74, 6) is 0. The third-order valence-corrected chi connectivity index (χ3v) is 2.53. The standard InChI is InChI=1S/C9H17N3OS/c1-9(2,4-5-13-3)6-12-7-10-11-8(12)14/h7H,4-6H2,1-3H3,(H,11,14). The van der Waals surface area contributed by atoms with E-state index >= 15 is 0 Å². The maximum absolute atomic E-state index is 5.08. The highest BCUT2D eigenvalue weighted by Gasteiger charge is 2.18. The smallest absolute Gasteiger partial charge is 0.194 e. The number of aromatic nitrogens is 3. The van der Waals surface area contributed by atoms with Gasteiger partial charge in [-0.3, -0.25) is 5.10 Å². The minimum atomic E-state index is 0.179. The van der Waals surface area contributed by atoms with Crippen molar-refractivity contribution < 1.29 is 4.74 Å². The van der Waals surface area contributed by atoms with Gasteiger partial charge in [-0.2, -0.15) is 5.10 Å². The summed E-state index contributed by atoms with van der Waals surface area (Å²) in [4.78, 5) is 0. The number of hydrogen-bond donors (Lipinski definition) is 1. The first-order chi connectivity index (χ1) is 6.55. The van der Waals surface area contributed by atoms with Gasteiger partial charge in [0.1, 0.15) is 6.33 Å². The van der Waals surface area contributed by atoms with Crippen LogP contribution < -0.4 is 0 Å². The van der Waals surface area contributed by atoms with Crippen molar-refractivity contribution in [2.24, 2.45) is 5.41 Å². The van der Waals surface area contributed by atoms with Gasteiger partial charge in [0.05, 0.1) is 0 Å². The van der Waals surface area contributed by atoms with Crippen molar-refractivity contribution in [3.05, 3.63) is 11.1 Å². The molecule has 0 spiro atoms. The molecule has 0 saturated carbocycles. The third-order valence-electron chi connectivity index (χ3n) is 2.20. The van der Waals surface area contributed by atoms with Gasteiger partial charge >= 0.3 is 0 Å². The first kappa shape index (κ1) is 11.4. The summed E-state index contributed by atoms with van der Waals surface area (Å²) in [6.07, 6.45) is 2.74. The molecule has 0 fully saturated rings. The lowest BCUT2D eigenvalue weighted by molar-refractivity contribution is 0.142. The van der Waals surface area contributed by atoms with E-state index in [1.165, 1.54) is 0 Å². The van der Waals surface area contributed by atoms with E-state index in [0.29, 0.717) is 4.77 Å².